The first-order chi connectivity index (χ1) is 12.6. The van der Waals surface area contributed by atoms with E-state index in [4.69, 9.17) is 4.74 Å². The number of likely N-dealkylation sites (tertiary alicyclic amines) is 1. The number of rotatable bonds is 7. The van der Waals surface area contributed by atoms with E-state index in [2.05, 4.69) is 22.0 Å². The van der Waals surface area contributed by atoms with Gasteiger partial charge >= 0.3 is 0 Å². The lowest BCUT2D eigenvalue weighted by Gasteiger charge is -2.40. The molecule has 2 fully saturated rings. The van der Waals surface area contributed by atoms with E-state index in [-0.39, 0.29) is 17.6 Å². The van der Waals surface area contributed by atoms with Gasteiger partial charge in [0.1, 0.15) is 0 Å². The Morgan fingerprint density at radius 3 is 2.81 bits per heavy atom. The molecular formula is C21H33N3O2. The second-order valence-corrected chi connectivity index (χ2v) is 7.74. The van der Waals surface area contributed by atoms with Gasteiger partial charge in [-0.25, -0.2) is 0 Å². The minimum absolute atomic E-state index is 0.00813. The molecule has 0 radical (unpaired) electrons. The molecule has 2 atom stereocenters. The number of ether oxygens (including phenoxy) is 1. The molecule has 0 N–H and O–H groups in total. The number of piperidine rings is 1. The van der Waals surface area contributed by atoms with Crippen LogP contribution in [-0.4, -0.2) is 58.6 Å². The van der Waals surface area contributed by atoms with Gasteiger partial charge < -0.3 is 9.64 Å². The lowest BCUT2D eigenvalue weighted by atomic mass is 9.89. The molecule has 26 heavy (non-hydrogen) atoms. The quantitative estimate of drug-likeness (QED) is 0.750. The zero-order valence-corrected chi connectivity index (χ0v) is 16.3. The van der Waals surface area contributed by atoms with Crippen LogP contribution in [0.5, 0.6) is 0 Å². The minimum Gasteiger partial charge on any atom is -0.370 e. The molecule has 1 aromatic heterocycles. The molecule has 144 valence electrons. The minimum atomic E-state index is 0.00813. The van der Waals surface area contributed by atoms with Crippen LogP contribution < -0.4 is 0 Å². The SMILES string of the molecule is CCN(CC)C(=O)CC[C@H]1CC[C@]2(CCCN(Cc3ccncc3)C2)O1. The van der Waals surface area contributed by atoms with Crippen molar-refractivity contribution in [2.75, 3.05) is 26.2 Å². The third kappa shape index (κ3) is 4.83. The number of carbonyl (C=O) groups is 1. The fourth-order valence-electron chi connectivity index (χ4n) is 4.49. The van der Waals surface area contributed by atoms with Crippen molar-refractivity contribution in [3.63, 3.8) is 0 Å². The smallest absolute Gasteiger partial charge is 0.222 e. The topological polar surface area (TPSA) is 45.7 Å². The van der Waals surface area contributed by atoms with Crippen LogP contribution in [0.3, 0.4) is 0 Å². The molecule has 0 bridgehead atoms. The highest BCUT2D eigenvalue weighted by Crippen LogP contribution is 2.39. The Morgan fingerprint density at radius 2 is 2.08 bits per heavy atom. The van der Waals surface area contributed by atoms with E-state index < -0.39 is 0 Å². The van der Waals surface area contributed by atoms with Gasteiger partial charge in [0.15, 0.2) is 0 Å². The number of aromatic nitrogens is 1. The van der Waals surface area contributed by atoms with Crippen LogP contribution in [0.4, 0.5) is 0 Å². The van der Waals surface area contributed by atoms with Crippen molar-refractivity contribution < 1.29 is 9.53 Å². The van der Waals surface area contributed by atoms with E-state index in [9.17, 15) is 4.79 Å². The van der Waals surface area contributed by atoms with Crippen molar-refractivity contribution in [3.05, 3.63) is 30.1 Å². The molecule has 1 aromatic rings. The molecule has 3 rings (SSSR count). The Balaban J connectivity index is 1.49. The van der Waals surface area contributed by atoms with Gasteiger partial charge in [0.05, 0.1) is 11.7 Å². The summed E-state index contributed by atoms with van der Waals surface area (Å²) >= 11 is 0. The summed E-state index contributed by atoms with van der Waals surface area (Å²) in [6.07, 6.45) is 10.0. The third-order valence-corrected chi connectivity index (χ3v) is 5.91. The van der Waals surface area contributed by atoms with Gasteiger partial charge in [-0.05, 0) is 70.2 Å². The van der Waals surface area contributed by atoms with Crippen molar-refractivity contribution >= 4 is 5.91 Å². The highest BCUT2D eigenvalue weighted by Gasteiger charge is 2.43. The van der Waals surface area contributed by atoms with Gasteiger partial charge in [0.2, 0.25) is 5.91 Å². The Labute approximate surface area is 157 Å². The van der Waals surface area contributed by atoms with Crippen LogP contribution >= 0.6 is 0 Å². The fraction of sp³-hybridized carbons (Fsp3) is 0.714. The number of carbonyl (C=O) groups excluding carboxylic acids is 1. The summed E-state index contributed by atoms with van der Waals surface area (Å²) in [7, 11) is 0. The van der Waals surface area contributed by atoms with E-state index >= 15 is 0 Å². The fourth-order valence-corrected chi connectivity index (χ4v) is 4.49. The molecule has 2 aliphatic heterocycles. The highest BCUT2D eigenvalue weighted by molar-refractivity contribution is 5.76. The number of amides is 1. The van der Waals surface area contributed by atoms with E-state index in [1.807, 2.05) is 31.1 Å². The molecule has 0 aromatic carbocycles. The summed E-state index contributed by atoms with van der Waals surface area (Å²) in [4.78, 5) is 20.8. The first-order valence-electron chi connectivity index (χ1n) is 10.2. The average Bonchev–Trinajstić information content (AvgIpc) is 3.04. The first-order valence-corrected chi connectivity index (χ1v) is 10.2. The predicted molar refractivity (Wildman–Crippen MR) is 103 cm³/mol. The van der Waals surface area contributed by atoms with Gasteiger partial charge in [-0.3, -0.25) is 14.7 Å². The van der Waals surface area contributed by atoms with Gasteiger partial charge in [0.25, 0.3) is 0 Å². The van der Waals surface area contributed by atoms with Crippen LogP contribution in [0.15, 0.2) is 24.5 Å². The maximum Gasteiger partial charge on any atom is 0.222 e. The monoisotopic (exact) mass is 359 g/mol. The molecular weight excluding hydrogens is 326 g/mol. The number of hydrogen-bond donors (Lipinski definition) is 0. The summed E-state index contributed by atoms with van der Waals surface area (Å²) in [5.74, 6) is 0.266. The molecule has 0 unspecified atom stereocenters. The van der Waals surface area contributed by atoms with Crippen LogP contribution in [0, 0.1) is 0 Å². The molecule has 2 aliphatic rings. The van der Waals surface area contributed by atoms with E-state index in [1.54, 1.807) is 0 Å². The van der Waals surface area contributed by atoms with Crippen LogP contribution in [0.2, 0.25) is 0 Å². The third-order valence-electron chi connectivity index (χ3n) is 5.91. The zero-order valence-electron chi connectivity index (χ0n) is 16.3. The standard InChI is InChI=1S/C21H33N3O2/c1-3-24(4-2)20(25)7-6-19-8-12-21(26-19)11-5-15-23(17-21)16-18-9-13-22-14-10-18/h9-10,13-14,19H,3-8,11-12,15-17H2,1-2H3/t19-,21-/m0/s1. The predicted octanol–water partition coefficient (Wildman–Crippen LogP) is 3.24. The lowest BCUT2D eigenvalue weighted by molar-refractivity contribution is -0.132. The van der Waals surface area contributed by atoms with Gasteiger partial charge in [0, 0.05) is 45.0 Å². The summed E-state index contributed by atoms with van der Waals surface area (Å²) in [6, 6.07) is 4.19. The van der Waals surface area contributed by atoms with E-state index in [0.717, 1.165) is 58.4 Å². The molecule has 0 saturated carbocycles. The zero-order chi connectivity index (χ0) is 18.4. The molecule has 2 saturated heterocycles. The molecule has 0 aliphatic carbocycles. The summed E-state index contributed by atoms with van der Waals surface area (Å²) in [6.45, 7) is 8.81. The Hall–Kier alpha value is -1.46. The second kappa shape index (κ2) is 8.96. The van der Waals surface area contributed by atoms with Crippen molar-refractivity contribution in [2.24, 2.45) is 0 Å². The van der Waals surface area contributed by atoms with E-state index in [1.165, 1.54) is 12.0 Å². The van der Waals surface area contributed by atoms with Crippen LogP contribution in [-0.2, 0) is 16.1 Å². The van der Waals surface area contributed by atoms with Crippen molar-refractivity contribution in [2.45, 2.75) is 70.6 Å². The largest absolute Gasteiger partial charge is 0.370 e. The van der Waals surface area contributed by atoms with Gasteiger partial charge in [-0.15, -0.1) is 0 Å². The van der Waals surface area contributed by atoms with Crippen molar-refractivity contribution in [3.8, 4) is 0 Å². The second-order valence-electron chi connectivity index (χ2n) is 7.74. The van der Waals surface area contributed by atoms with Gasteiger partial charge in [-0.2, -0.15) is 0 Å². The molecule has 3 heterocycles. The molecule has 1 spiro atoms. The Morgan fingerprint density at radius 1 is 1.31 bits per heavy atom. The first kappa shape index (κ1) is 19.3. The van der Waals surface area contributed by atoms with Gasteiger partial charge in [-0.1, -0.05) is 0 Å². The highest BCUT2D eigenvalue weighted by atomic mass is 16.5. The average molecular weight is 360 g/mol. The Kier molecular flexibility index (Phi) is 6.65. The lowest BCUT2D eigenvalue weighted by Crippen LogP contribution is -2.47. The van der Waals surface area contributed by atoms with Crippen molar-refractivity contribution in [1.29, 1.82) is 0 Å². The Bertz CT molecular complexity index is 576. The maximum absolute atomic E-state index is 12.2. The molecule has 1 amide bonds. The number of pyridine rings is 1. The summed E-state index contributed by atoms with van der Waals surface area (Å²) in [5.41, 5.74) is 1.32. The van der Waals surface area contributed by atoms with Crippen LogP contribution in [0.25, 0.3) is 0 Å². The number of hydrogen-bond acceptors (Lipinski definition) is 4. The molecule has 5 heteroatoms. The summed E-state index contributed by atoms with van der Waals surface area (Å²) in [5, 5.41) is 0. The maximum atomic E-state index is 12.2. The summed E-state index contributed by atoms with van der Waals surface area (Å²) < 4.78 is 6.53. The van der Waals surface area contributed by atoms with Crippen molar-refractivity contribution in [1.82, 2.24) is 14.8 Å². The van der Waals surface area contributed by atoms with Crippen LogP contribution in [0.1, 0.15) is 57.9 Å². The number of nitrogens with zero attached hydrogens (tertiary/aromatic N) is 3. The normalized spacial score (nSPS) is 26.3. The van der Waals surface area contributed by atoms with E-state index in [0.29, 0.717) is 6.42 Å². The molecule has 5 nitrogen and oxygen atoms in total.